The molecule has 130 valence electrons. The highest BCUT2D eigenvalue weighted by molar-refractivity contribution is 6.39. The molecule has 3 rings (SSSR count). The number of amides is 2. The molecule has 1 saturated carbocycles. The van der Waals surface area contributed by atoms with Crippen LogP contribution in [0.25, 0.3) is 0 Å². The largest absolute Gasteiger partial charge is 0.497 e. The van der Waals surface area contributed by atoms with Crippen LogP contribution in [0, 0.1) is 12.7 Å². The van der Waals surface area contributed by atoms with Gasteiger partial charge in [-0.15, -0.1) is 0 Å². The fraction of sp³-hybridized carbons (Fsp3) is 0.263. The van der Waals surface area contributed by atoms with Crippen LogP contribution in [0.5, 0.6) is 5.75 Å². The minimum Gasteiger partial charge on any atom is -0.497 e. The van der Waals surface area contributed by atoms with Crippen LogP contribution in [0.1, 0.15) is 23.5 Å². The van der Waals surface area contributed by atoms with Crippen LogP contribution in [0.2, 0.25) is 0 Å². The lowest BCUT2D eigenvalue weighted by Gasteiger charge is -2.09. The molecule has 2 amide bonds. The van der Waals surface area contributed by atoms with Gasteiger partial charge in [0, 0.05) is 17.6 Å². The Morgan fingerprint density at radius 3 is 2.48 bits per heavy atom. The smallest absolute Gasteiger partial charge is 0.313 e. The molecule has 2 N–H and O–H groups in total. The van der Waals surface area contributed by atoms with Gasteiger partial charge in [-0.25, -0.2) is 4.39 Å². The summed E-state index contributed by atoms with van der Waals surface area (Å²) in [5, 5.41) is 5.23. The van der Waals surface area contributed by atoms with Crippen LogP contribution < -0.4 is 15.4 Å². The van der Waals surface area contributed by atoms with Crippen LogP contribution in [-0.4, -0.2) is 25.0 Å². The van der Waals surface area contributed by atoms with Crippen molar-refractivity contribution in [1.82, 2.24) is 5.32 Å². The van der Waals surface area contributed by atoms with E-state index in [1.165, 1.54) is 18.2 Å². The summed E-state index contributed by atoms with van der Waals surface area (Å²) in [6.07, 6.45) is 0.793. The Balaban J connectivity index is 1.54. The number of ether oxygens (including phenoxy) is 1. The first kappa shape index (κ1) is 17.0. The molecule has 2 aromatic rings. The quantitative estimate of drug-likeness (QED) is 0.840. The molecule has 0 aliphatic heterocycles. The standard InChI is InChI=1S/C19H19FN2O3/c1-11-9-13(20)5-8-16(11)21-18(23)19(24)22-17-10-15(17)12-3-6-14(25-2)7-4-12/h3-9,15,17H,10H2,1-2H3,(H,21,23)(H,22,24)/t15-,17-/m0/s1. The summed E-state index contributed by atoms with van der Waals surface area (Å²) < 4.78 is 18.2. The Bertz CT molecular complexity index is 805. The third-order valence-corrected chi connectivity index (χ3v) is 4.29. The summed E-state index contributed by atoms with van der Waals surface area (Å²) in [6.45, 7) is 1.66. The van der Waals surface area contributed by atoms with E-state index in [9.17, 15) is 14.0 Å². The van der Waals surface area contributed by atoms with Gasteiger partial charge < -0.3 is 15.4 Å². The number of halogens is 1. The second kappa shape index (κ2) is 6.93. The zero-order valence-electron chi connectivity index (χ0n) is 14.0. The van der Waals surface area contributed by atoms with Crippen molar-refractivity contribution in [2.75, 3.05) is 12.4 Å². The highest BCUT2D eigenvalue weighted by Crippen LogP contribution is 2.41. The van der Waals surface area contributed by atoms with E-state index in [2.05, 4.69) is 10.6 Å². The number of methoxy groups -OCH3 is 1. The topological polar surface area (TPSA) is 67.4 Å². The summed E-state index contributed by atoms with van der Waals surface area (Å²) in [5.74, 6) is -0.852. The van der Waals surface area contributed by atoms with E-state index >= 15 is 0 Å². The number of nitrogens with one attached hydrogen (secondary N) is 2. The fourth-order valence-electron chi connectivity index (χ4n) is 2.75. The molecule has 25 heavy (non-hydrogen) atoms. The average molecular weight is 342 g/mol. The molecule has 0 spiro atoms. The molecule has 6 heteroatoms. The Hall–Kier alpha value is -2.89. The van der Waals surface area contributed by atoms with E-state index in [-0.39, 0.29) is 17.8 Å². The second-order valence-electron chi connectivity index (χ2n) is 6.11. The first-order chi connectivity index (χ1) is 12.0. The van der Waals surface area contributed by atoms with Crippen LogP contribution in [-0.2, 0) is 9.59 Å². The number of benzene rings is 2. The molecule has 2 atom stereocenters. The van der Waals surface area contributed by atoms with Crippen LogP contribution >= 0.6 is 0 Å². The number of rotatable bonds is 4. The Labute approximate surface area is 145 Å². The van der Waals surface area contributed by atoms with Gasteiger partial charge in [-0.3, -0.25) is 9.59 Å². The molecule has 0 saturated heterocycles. The van der Waals surface area contributed by atoms with E-state index in [4.69, 9.17) is 4.74 Å². The summed E-state index contributed by atoms with van der Waals surface area (Å²) in [5.41, 5.74) is 2.08. The van der Waals surface area contributed by atoms with E-state index < -0.39 is 11.8 Å². The SMILES string of the molecule is COc1ccc([C@@H]2C[C@@H]2NC(=O)C(=O)Nc2ccc(F)cc2C)cc1. The Morgan fingerprint density at radius 1 is 1.12 bits per heavy atom. The summed E-state index contributed by atoms with van der Waals surface area (Å²) in [7, 11) is 1.61. The van der Waals surface area contributed by atoms with Gasteiger partial charge in [0.25, 0.3) is 0 Å². The van der Waals surface area contributed by atoms with Gasteiger partial charge in [0.1, 0.15) is 11.6 Å². The lowest BCUT2D eigenvalue weighted by molar-refractivity contribution is -0.136. The first-order valence-electron chi connectivity index (χ1n) is 8.00. The number of carbonyl (C=O) groups is 2. The lowest BCUT2D eigenvalue weighted by atomic mass is 10.1. The third kappa shape index (κ3) is 3.96. The zero-order valence-corrected chi connectivity index (χ0v) is 14.0. The molecule has 0 aromatic heterocycles. The van der Waals surface area contributed by atoms with Crippen molar-refractivity contribution in [3.63, 3.8) is 0 Å². The van der Waals surface area contributed by atoms with Gasteiger partial charge in [0.2, 0.25) is 0 Å². The van der Waals surface area contributed by atoms with Gasteiger partial charge in [0.05, 0.1) is 7.11 Å². The molecule has 0 unspecified atom stereocenters. The molecule has 1 aliphatic rings. The molecule has 2 aromatic carbocycles. The number of carbonyl (C=O) groups excluding carboxylic acids is 2. The summed E-state index contributed by atoms with van der Waals surface area (Å²) in [4.78, 5) is 24.0. The molecule has 0 heterocycles. The van der Waals surface area contributed by atoms with E-state index in [0.29, 0.717) is 11.3 Å². The Morgan fingerprint density at radius 2 is 1.84 bits per heavy atom. The molecular weight excluding hydrogens is 323 g/mol. The van der Waals surface area contributed by atoms with Gasteiger partial charge >= 0.3 is 11.8 Å². The average Bonchev–Trinajstić information content (AvgIpc) is 3.36. The van der Waals surface area contributed by atoms with Crippen LogP contribution in [0.4, 0.5) is 10.1 Å². The summed E-state index contributed by atoms with van der Waals surface area (Å²) in [6, 6.07) is 11.6. The number of hydrogen-bond acceptors (Lipinski definition) is 3. The van der Waals surface area contributed by atoms with Gasteiger partial charge in [-0.05, 0) is 54.8 Å². The van der Waals surface area contributed by atoms with E-state index in [1.54, 1.807) is 14.0 Å². The van der Waals surface area contributed by atoms with Crippen LogP contribution in [0.15, 0.2) is 42.5 Å². The maximum atomic E-state index is 13.1. The summed E-state index contributed by atoms with van der Waals surface area (Å²) >= 11 is 0. The number of anilines is 1. The van der Waals surface area contributed by atoms with Crippen molar-refractivity contribution in [3.05, 3.63) is 59.4 Å². The fourth-order valence-corrected chi connectivity index (χ4v) is 2.75. The molecule has 0 bridgehead atoms. The molecule has 0 radical (unpaired) electrons. The highest BCUT2D eigenvalue weighted by atomic mass is 19.1. The molecule has 1 fully saturated rings. The van der Waals surface area contributed by atoms with Crippen molar-refractivity contribution in [2.45, 2.75) is 25.3 Å². The predicted octanol–water partition coefficient (Wildman–Crippen LogP) is 2.75. The van der Waals surface area contributed by atoms with Crippen molar-refractivity contribution in [3.8, 4) is 5.75 Å². The molecule has 1 aliphatic carbocycles. The first-order valence-corrected chi connectivity index (χ1v) is 8.00. The van der Waals surface area contributed by atoms with E-state index in [0.717, 1.165) is 17.7 Å². The second-order valence-corrected chi connectivity index (χ2v) is 6.11. The molecular formula is C19H19FN2O3. The normalized spacial score (nSPS) is 18.4. The van der Waals surface area contributed by atoms with Crippen molar-refractivity contribution in [1.29, 1.82) is 0 Å². The van der Waals surface area contributed by atoms with Gasteiger partial charge in [-0.2, -0.15) is 0 Å². The minimum absolute atomic E-state index is 0.0547. The minimum atomic E-state index is -0.755. The predicted molar refractivity (Wildman–Crippen MR) is 92.0 cm³/mol. The highest BCUT2D eigenvalue weighted by Gasteiger charge is 2.40. The molecule has 5 nitrogen and oxygen atoms in total. The van der Waals surface area contributed by atoms with Gasteiger partial charge in [0.15, 0.2) is 0 Å². The number of aryl methyl sites for hydroxylation is 1. The monoisotopic (exact) mass is 342 g/mol. The Kier molecular flexibility index (Phi) is 4.70. The van der Waals surface area contributed by atoms with Crippen molar-refractivity contribution >= 4 is 17.5 Å². The van der Waals surface area contributed by atoms with Crippen molar-refractivity contribution in [2.24, 2.45) is 0 Å². The van der Waals surface area contributed by atoms with Crippen molar-refractivity contribution < 1.29 is 18.7 Å². The maximum absolute atomic E-state index is 13.1. The lowest BCUT2D eigenvalue weighted by Crippen LogP contribution is -2.37. The van der Waals surface area contributed by atoms with Gasteiger partial charge in [-0.1, -0.05) is 12.1 Å². The number of hydrogen-bond donors (Lipinski definition) is 2. The third-order valence-electron chi connectivity index (χ3n) is 4.29. The van der Waals surface area contributed by atoms with E-state index in [1.807, 2.05) is 24.3 Å². The maximum Gasteiger partial charge on any atom is 0.313 e. The zero-order chi connectivity index (χ0) is 18.0. The van der Waals surface area contributed by atoms with Crippen LogP contribution in [0.3, 0.4) is 0 Å².